The van der Waals surface area contributed by atoms with Crippen molar-refractivity contribution in [3.8, 4) is 0 Å². The van der Waals surface area contributed by atoms with Gasteiger partial charge in [-0.25, -0.2) is 4.98 Å². The number of aliphatic hydroxyl groups is 1. The Morgan fingerprint density at radius 3 is 2.71 bits per heavy atom. The van der Waals surface area contributed by atoms with Gasteiger partial charge in [-0.15, -0.1) is 0 Å². The van der Waals surface area contributed by atoms with Crippen molar-refractivity contribution in [1.29, 1.82) is 0 Å². The number of imidazole rings is 1. The fourth-order valence-corrected chi connectivity index (χ4v) is 3.47. The number of aromatic nitrogens is 2. The predicted molar refractivity (Wildman–Crippen MR) is 91.8 cm³/mol. The first kappa shape index (κ1) is 17.0. The lowest BCUT2D eigenvalue weighted by atomic mass is 10.2. The second kappa shape index (κ2) is 8.32. The average molecular weight is 347 g/mol. The maximum absolute atomic E-state index is 12.3. The molecule has 1 fully saturated rings. The zero-order valence-electron chi connectivity index (χ0n) is 13.4. The number of thioether (sulfide) groups is 1. The lowest BCUT2D eigenvalue weighted by Gasteiger charge is -2.26. The van der Waals surface area contributed by atoms with Crippen molar-refractivity contribution >= 4 is 17.7 Å². The molecular weight excluding hydrogens is 326 g/mol. The van der Waals surface area contributed by atoms with Crippen molar-refractivity contribution < 1.29 is 14.6 Å². The van der Waals surface area contributed by atoms with Crippen LogP contribution >= 0.6 is 11.8 Å². The molecule has 24 heavy (non-hydrogen) atoms. The lowest BCUT2D eigenvalue weighted by Crippen LogP contribution is -2.41. The molecule has 1 aliphatic rings. The van der Waals surface area contributed by atoms with Gasteiger partial charge in [0.15, 0.2) is 5.16 Å². The maximum atomic E-state index is 12.3. The van der Waals surface area contributed by atoms with E-state index in [1.165, 1.54) is 11.8 Å². The van der Waals surface area contributed by atoms with Crippen LogP contribution < -0.4 is 0 Å². The molecule has 1 aliphatic heterocycles. The molecule has 0 saturated carbocycles. The predicted octanol–water partition coefficient (Wildman–Crippen LogP) is 1.37. The molecule has 7 heteroatoms. The molecule has 1 aromatic carbocycles. The van der Waals surface area contributed by atoms with E-state index in [9.17, 15) is 9.90 Å². The Labute approximate surface area is 145 Å². The second-order valence-corrected chi connectivity index (χ2v) is 6.51. The third-order valence-corrected chi connectivity index (χ3v) is 4.81. The summed E-state index contributed by atoms with van der Waals surface area (Å²) in [5, 5.41) is 10.1. The summed E-state index contributed by atoms with van der Waals surface area (Å²) >= 11 is 1.41. The maximum Gasteiger partial charge on any atom is 0.233 e. The molecule has 2 aromatic rings. The van der Waals surface area contributed by atoms with E-state index in [0.717, 1.165) is 10.7 Å². The topological polar surface area (TPSA) is 67.6 Å². The number of nitrogens with zero attached hydrogens (tertiary/aromatic N) is 3. The minimum absolute atomic E-state index is 0.100. The molecule has 1 saturated heterocycles. The van der Waals surface area contributed by atoms with Crippen LogP contribution in [0.25, 0.3) is 0 Å². The van der Waals surface area contributed by atoms with Gasteiger partial charge < -0.3 is 19.3 Å². The average Bonchev–Trinajstić information content (AvgIpc) is 3.03. The SMILES string of the molecule is O=C(CSc1nc(CO)cn1Cc1ccccc1)N1CCOCC1. The second-order valence-electron chi connectivity index (χ2n) is 5.57. The van der Waals surface area contributed by atoms with Crippen LogP contribution in [0.5, 0.6) is 0 Å². The number of carbonyl (C=O) groups is 1. The lowest BCUT2D eigenvalue weighted by molar-refractivity contribution is -0.132. The fraction of sp³-hybridized carbons (Fsp3) is 0.412. The van der Waals surface area contributed by atoms with Gasteiger partial charge in [0.25, 0.3) is 0 Å². The Morgan fingerprint density at radius 2 is 2.00 bits per heavy atom. The number of carbonyl (C=O) groups excluding carboxylic acids is 1. The highest BCUT2D eigenvalue weighted by atomic mass is 32.2. The van der Waals surface area contributed by atoms with Crippen molar-refractivity contribution in [2.24, 2.45) is 0 Å². The largest absolute Gasteiger partial charge is 0.390 e. The van der Waals surface area contributed by atoms with Gasteiger partial charge in [-0.2, -0.15) is 0 Å². The van der Waals surface area contributed by atoms with E-state index in [1.807, 2.05) is 46.0 Å². The molecule has 6 nitrogen and oxygen atoms in total. The van der Waals surface area contributed by atoms with Gasteiger partial charge in [-0.05, 0) is 5.56 Å². The molecule has 0 aliphatic carbocycles. The van der Waals surface area contributed by atoms with Gasteiger partial charge in [-0.1, -0.05) is 42.1 Å². The van der Waals surface area contributed by atoms with Crippen molar-refractivity contribution in [2.75, 3.05) is 32.1 Å². The number of aliphatic hydroxyl groups excluding tert-OH is 1. The highest BCUT2D eigenvalue weighted by Gasteiger charge is 2.18. The van der Waals surface area contributed by atoms with Crippen LogP contribution in [0.2, 0.25) is 0 Å². The summed E-state index contributed by atoms with van der Waals surface area (Å²) in [5.74, 6) is 0.444. The summed E-state index contributed by atoms with van der Waals surface area (Å²) in [6, 6.07) is 10.1. The summed E-state index contributed by atoms with van der Waals surface area (Å²) in [7, 11) is 0. The monoisotopic (exact) mass is 347 g/mol. The Kier molecular flexibility index (Phi) is 5.90. The Hall–Kier alpha value is -1.83. The molecule has 2 heterocycles. The molecule has 0 unspecified atom stereocenters. The summed E-state index contributed by atoms with van der Waals surface area (Å²) in [6.45, 7) is 3.08. The van der Waals surface area contributed by atoms with Gasteiger partial charge in [0.05, 0.1) is 31.3 Å². The molecule has 1 aromatic heterocycles. The van der Waals surface area contributed by atoms with Crippen LogP contribution in [0.15, 0.2) is 41.7 Å². The van der Waals surface area contributed by atoms with Crippen LogP contribution in [0.3, 0.4) is 0 Å². The van der Waals surface area contributed by atoms with Crippen LogP contribution in [0, 0.1) is 0 Å². The Balaban J connectivity index is 1.65. The van der Waals surface area contributed by atoms with Crippen LogP contribution in [0.1, 0.15) is 11.3 Å². The molecule has 0 radical (unpaired) electrons. The standard InChI is InChI=1S/C17H21N3O3S/c21-12-15-11-20(10-14-4-2-1-3-5-14)17(18-15)24-13-16(22)19-6-8-23-9-7-19/h1-5,11,21H,6-10,12-13H2. The third-order valence-electron chi connectivity index (χ3n) is 3.84. The summed E-state index contributed by atoms with van der Waals surface area (Å²) in [6.07, 6.45) is 1.84. The zero-order chi connectivity index (χ0) is 16.8. The Bertz CT molecular complexity index is 669. The normalized spacial score (nSPS) is 14.8. The van der Waals surface area contributed by atoms with E-state index in [1.54, 1.807) is 0 Å². The van der Waals surface area contributed by atoms with Crippen LogP contribution in [-0.4, -0.2) is 57.5 Å². The summed E-state index contributed by atoms with van der Waals surface area (Å²) < 4.78 is 7.26. The van der Waals surface area contributed by atoms with Gasteiger partial charge in [0.1, 0.15) is 0 Å². The number of rotatable bonds is 6. The fourth-order valence-electron chi connectivity index (χ4n) is 2.57. The van der Waals surface area contributed by atoms with Crippen LogP contribution in [-0.2, 0) is 22.7 Å². The van der Waals surface area contributed by atoms with Crippen molar-refractivity contribution in [1.82, 2.24) is 14.5 Å². The molecule has 0 atom stereocenters. The first-order chi connectivity index (χ1) is 11.8. The number of amides is 1. The van der Waals surface area contributed by atoms with Gasteiger partial charge in [-0.3, -0.25) is 4.79 Å². The molecular formula is C17H21N3O3S. The Morgan fingerprint density at radius 1 is 1.25 bits per heavy atom. The first-order valence-electron chi connectivity index (χ1n) is 7.95. The number of morpholine rings is 1. The van der Waals surface area contributed by atoms with Gasteiger partial charge >= 0.3 is 0 Å². The van der Waals surface area contributed by atoms with Crippen molar-refractivity contribution in [3.63, 3.8) is 0 Å². The third kappa shape index (κ3) is 4.37. The number of hydrogen-bond donors (Lipinski definition) is 1. The molecule has 128 valence electrons. The van der Waals surface area contributed by atoms with Crippen molar-refractivity contribution in [2.45, 2.75) is 18.3 Å². The first-order valence-corrected chi connectivity index (χ1v) is 8.94. The number of ether oxygens (including phenoxy) is 1. The highest BCUT2D eigenvalue weighted by Crippen LogP contribution is 2.20. The molecule has 0 bridgehead atoms. The van der Waals surface area contributed by atoms with E-state index in [2.05, 4.69) is 4.98 Å². The summed E-state index contributed by atoms with van der Waals surface area (Å²) in [5.41, 5.74) is 1.77. The molecule has 1 amide bonds. The number of hydrogen-bond acceptors (Lipinski definition) is 5. The van der Waals surface area contributed by atoms with E-state index in [0.29, 0.717) is 44.3 Å². The highest BCUT2D eigenvalue weighted by molar-refractivity contribution is 7.99. The summed E-state index contributed by atoms with van der Waals surface area (Å²) in [4.78, 5) is 18.5. The van der Waals surface area contributed by atoms with Gasteiger partial charge in [0, 0.05) is 25.8 Å². The minimum Gasteiger partial charge on any atom is -0.390 e. The smallest absolute Gasteiger partial charge is 0.233 e. The van der Waals surface area contributed by atoms with E-state index >= 15 is 0 Å². The van der Waals surface area contributed by atoms with Crippen LogP contribution in [0.4, 0.5) is 0 Å². The van der Waals surface area contributed by atoms with E-state index in [-0.39, 0.29) is 12.5 Å². The zero-order valence-corrected chi connectivity index (χ0v) is 14.2. The van der Waals surface area contributed by atoms with Crippen molar-refractivity contribution in [3.05, 3.63) is 47.8 Å². The molecule has 0 spiro atoms. The van der Waals surface area contributed by atoms with E-state index < -0.39 is 0 Å². The number of benzene rings is 1. The van der Waals surface area contributed by atoms with E-state index in [4.69, 9.17) is 4.74 Å². The molecule has 3 rings (SSSR count). The quantitative estimate of drug-likeness (QED) is 0.800. The van der Waals surface area contributed by atoms with Gasteiger partial charge in [0.2, 0.25) is 5.91 Å². The minimum atomic E-state index is -0.104. The molecule has 1 N–H and O–H groups in total.